The number of methoxy groups -OCH3 is 1. The summed E-state index contributed by atoms with van der Waals surface area (Å²) in [5.74, 6) is 0.379. The Kier molecular flexibility index (Phi) is 4.02. The summed E-state index contributed by atoms with van der Waals surface area (Å²) >= 11 is 0. The number of fused-ring (bicyclic) bond motifs is 1. The molecule has 1 aliphatic carbocycles. The smallest absolute Gasteiger partial charge is 0.115 e. The lowest BCUT2D eigenvalue weighted by Crippen LogP contribution is -2.30. The molecule has 1 unspecified atom stereocenters. The number of likely N-dealkylation sites (N-methyl/N-ethyl adjacent to an activating group) is 1. The van der Waals surface area contributed by atoms with Gasteiger partial charge >= 0.3 is 0 Å². The molecule has 3 nitrogen and oxygen atoms in total. The van der Waals surface area contributed by atoms with E-state index in [1.165, 1.54) is 11.1 Å². The maximum Gasteiger partial charge on any atom is 0.115 e. The van der Waals surface area contributed by atoms with Gasteiger partial charge < -0.3 is 9.84 Å². The van der Waals surface area contributed by atoms with Crippen molar-refractivity contribution in [1.82, 2.24) is 4.90 Å². The van der Waals surface area contributed by atoms with Crippen molar-refractivity contribution in [3.8, 4) is 5.75 Å². The molecular weight excluding hydrogens is 214 g/mol. The Morgan fingerprint density at radius 2 is 2.29 bits per heavy atom. The first-order valence-corrected chi connectivity index (χ1v) is 6.31. The van der Waals surface area contributed by atoms with E-state index in [1.54, 1.807) is 13.2 Å². The van der Waals surface area contributed by atoms with Gasteiger partial charge in [-0.25, -0.2) is 0 Å². The largest absolute Gasteiger partial charge is 0.508 e. The molecule has 1 aliphatic rings. The summed E-state index contributed by atoms with van der Waals surface area (Å²) in [4.78, 5) is 2.45. The van der Waals surface area contributed by atoms with Crippen molar-refractivity contribution in [2.24, 2.45) is 0 Å². The molecular formula is C14H21NO2. The SMILES string of the molecule is CCN(CCOC)C1CCc2cc(O)ccc21. The zero-order valence-corrected chi connectivity index (χ0v) is 10.6. The monoisotopic (exact) mass is 235 g/mol. The summed E-state index contributed by atoms with van der Waals surface area (Å²) in [6.07, 6.45) is 2.22. The quantitative estimate of drug-likeness (QED) is 0.850. The van der Waals surface area contributed by atoms with Crippen LogP contribution in [0.3, 0.4) is 0 Å². The zero-order chi connectivity index (χ0) is 12.3. The summed E-state index contributed by atoms with van der Waals surface area (Å²) in [7, 11) is 1.74. The molecule has 0 aliphatic heterocycles. The fourth-order valence-electron chi connectivity index (χ4n) is 2.70. The summed E-state index contributed by atoms with van der Waals surface area (Å²) in [5, 5.41) is 9.49. The van der Waals surface area contributed by atoms with E-state index in [0.717, 1.165) is 32.5 Å². The van der Waals surface area contributed by atoms with Crippen LogP contribution in [0.1, 0.15) is 30.5 Å². The van der Waals surface area contributed by atoms with E-state index >= 15 is 0 Å². The normalized spacial score (nSPS) is 18.6. The molecule has 2 rings (SSSR count). The molecule has 0 saturated heterocycles. The first kappa shape index (κ1) is 12.4. The highest BCUT2D eigenvalue weighted by Gasteiger charge is 2.26. The molecule has 1 N–H and O–H groups in total. The number of hydrogen-bond donors (Lipinski definition) is 1. The summed E-state index contributed by atoms with van der Waals surface area (Å²) in [6, 6.07) is 6.25. The Hall–Kier alpha value is -1.06. The number of phenolic OH excluding ortho intramolecular Hbond substituents is 1. The van der Waals surface area contributed by atoms with Crippen molar-refractivity contribution >= 4 is 0 Å². The number of phenols is 1. The minimum Gasteiger partial charge on any atom is -0.508 e. The van der Waals surface area contributed by atoms with E-state index in [9.17, 15) is 5.11 Å². The van der Waals surface area contributed by atoms with Gasteiger partial charge in [0.1, 0.15) is 5.75 Å². The predicted octanol–water partition coefficient (Wildman–Crippen LogP) is 2.35. The van der Waals surface area contributed by atoms with Crippen molar-refractivity contribution in [3.63, 3.8) is 0 Å². The highest BCUT2D eigenvalue weighted by molar-refractivity contribution is 5.40. The third-order valence-corrected chi connectivity index (χ3v) is 3.60. The molecule has 0 saturated carbocycles. The van der Waals surface area contributed by atoms with Gasteiger partial charge in [-0.3, -0.25) is 4.90 Å². The van der Waals surface area contributed by atoms with Crippen LogP contribution in [0.5, 0.6) is 5.75 Å². The van der Waals surface area contributed by atoms with Crippen LogP contribution in [0.4, 0.5) is 0 Å². The zero-order valence-electron chi connectivity index (χ0n) is 10.6. The molecule has 0 amide bonds. The second kappa shape index (κ2) is 5.52. The van der Waals surface area contributed by atoms with Crippen molar-refractivity contribution in [2.75, 3.05) is 26.8 Å². The van der Waals surface area contributed by atoms with Crippen molar-refractivity contribution in [3.05, 3.63) is 29.3 Å². The molecule has 0 aromatic heterocycles. The third-order valence-electron chi connectivity index (χ3n) is 3.60. The van der Waals surface area contributed by atoms with E-state index in [-0.39, 0.29) is 0 Å². The minimum atomic E-state index is 0.379. The van der Waals surface area contributed by atoms with Gasteiger partial charge in [-0.05, 0) is 42.6 Å². The van der Waals surface area contributed by atoms with Crippen LogP contribution in [-0.4, -0.2) is 36.8 Å². The number of nitrogens with zero attached hydrogens (tertiary/aromatic N) is 1. The Labute approximate surface area is 103 Å². The number of rotatable bonds is 5. The molecule has 0 heterocycles. The summed E-state index contributed by atoms with van der Waals surface area (Å²) < 4.78 is 5.16. The van der Waals surface area contributed by atoms with Gasteiger partial charge in [0, 0.05) is 19.7 Å². The first-order chi connectivity index (χ1) is 8.26. The summed E-state index contributed by atoms with van der Waals surface area (Å²) in [6.45, 7) is 4.97. The molecule has 17 heavy (non-hydrogen) atoms. The highest BCUT2D eigenvalue weighted by Crippen LogP contribution is 2.36. The molecule has 0 fully saturated rings. The number of ether oxygens (including phenoxy) is 1. The second-order valence-electron chi connectivity index (χ2n) is 4.56. The second-order valence-corrected chi connectivity index (χ2v) is 4.56. The van der Waals surface area contributed by atoms with Crippen LogP contribution in [0, 0.1) is 0 Å². The van der Waals surface area contributed by atoms with Gasteiger partial charge in [-0.1, -0.05) is 13.0 Å². The highest BCUT2D eigenvalue weighted by atomic mass is 16.5. The molecule has 1 atom stereocenters. The van der Waals surface area contributed by atoms with Gasteiger partial charge in [-0.15, -0.1) is 0 Å². The Morgan fingerprint density at radius 1 is 1.47 bits per heavy atom. The van der Waals surface area contributed by atoms with Gasteiger partial charge in [0.05, 0.1) is 6.61 Å². The van der Waals surface area contributed by atoms with Crippen molar-refractivity contribution < 1.29 is 9.84 Å². The van der Waals surface area contributed by atoms with Crippen LogP contribution < -0.4 is 0 Å². The minimum absolute atomic E-state index is 0.379. The van der Waals surface area contributed by atoms with Crippen LogP contribution in [-0.2, 0) is 11.2 Å². The lowest BCUT2D eigenvalue weighted by atomic mass is 10.1. The van der Waals surface area contributed by atoms with E-state index in [4.69, 9.17) is 4.74 Å². The van der Waals surface area contributed by atoms with Gasteiger partial charge in [0.25, 0.3) is 0 Å². The molecule has 0 radical (unpaired) electrons. The maximum absolute atomic E-state index is 9.49. The topological polar surface area (TPSA) is 32.7 Å². The molecule has 94 valence electrons. The molecule has 1 aromatic carbocycles. The van der Waals surface area contributed by atoms with Gasteiger partial charge in [0.15, 0.2) is 0 Å². The van der Waals surface area contributed by atoms with E-state index in [0.29, 0.717) is 11.8 Å². The molecule has 0 bridgehead atoms. The Morgan fingerprint density at radius 3 is 3.00 bits per heavy atom. The first-order valence-electron chi connectivity index (χ1n) is 6.31. The van der Waals surface area contributed by atoms with E-state index < -0.39 is 0 Å². The average molecular weight is 235 g/mol. The van der Waals surface area contributed by atoms with Crippen LogP contribution in [0.2, 0.25) is 0 Å². The standard InChI is InChI=1S/C14H21NO2/c1-3-15(8-9-17-2)14-7-4-11-10-12(16)5-6-13(11)14/h5-6,10,14,16H,3-4,7-9H2,1-2H3. The predicted molar refractivity (Wildman–Crippen MR) is 68.3 cm³/mol. The van der Waals surface area contributed by atoms with Crippen LogP contribution in [0.15, 0.2) is 18.2 Å². The Balaban J connectivity index is 2.14. The number of benzene rings is 1. The average Bonchev–Trinajstić information content (AvgIpc) is 2.73. The van der Waals surface area contributed by atoms with Crippen molar-refractivity contribution in [2.45, 2.75) is 25.8 Å². The van der Waals surface area contributed by atoms with Gasteiger partial charge in [-0.2, -0.15) is 0 Å². The lowest BCUT2D eigenvalue weighted by molar-refractivity contribution is 0.123. The Bertz CT molecular complexity index is 378. The van der Waals surface area contributed by atoms with Gasteiger partial charge in [0.2, 0.25) is 0 Å². The maximum atomic E-state index is 9.49. The molecule has 3 heteroatoms. The fraction of sp³-hybridized carbons (Fsp3) is 0.571. The van der Waals surface area contributed by atoms with Crippen LogP contribution in [0.25, 0.3) is 0 Å². The fourth-order valence-corrected chi connectivity index (χ4v) is 2.70. The molecule has 0 spiro atoms. The number of hydrogen-bond acceptors (Lipinski definition) is 3. The van der Waals surface area contributed by atoms with E-state index in [2.05, 4.69) is 17.9 Å². The third kappa shape index (κ3) is 2.61. The number of aryl methyl sites for hydroxylation is 1. The van der Waals surface area contributed by atoms with Crippen LogP contribution >= 0.6 is 0 Å². The number of aromatic hydroxyl groups is 1. The van der Waals surface area contributed by atoms with E-state index in [1.807, 2.05) is 6.07 Å². The summed E-state index contributed by atoms with van der Waals surface area (Å²) in [5.41, 5.74) is 2.67. The lowest BCUT2D eigenvalue weighted by Gasteiger charge is -2.28. The molecule has 1 aromatic rings. The van der Waals surface area contributed by atoms with Crippen molar-refractivity contribution in [1.29, 1.82) is 0 Å².